The molecule has 0 spiro atoms. The third-order valence-electron chi connectivity index (χ3n) is 2.98. The number of nitrogens with zero attached hydrogens (tertiary/aromatic N) is 1. The van der Waals surface area contributed by atoms with Gasteiger partial charge in [-0.15, -0.1) is 0 Å². The highest BCUT2D eigenvalue weighted by molar-refractivity contribution is 9.10. The summed E-state index contributed by atoms with van der Waals surface area (Å²) in [5.74, 6) is 0.169. The van der Waals surface area contributed by atoms with Gasteiger partial charge in [-0.25, -0.2) is 14.2 Å². The summed E-state index contributed by atoms with van der Waals surface area (Å²) < 4.78 is 19.1. The minimum absolute atomic E-state index is 0.247. The standard InChI is InChI=1S/C16H17BrFN3O2/c1-2-23-15-8-12(5-6-19-15)10-21-16(22)20-9-11-3-4-13(17)14(18)7-11/h3-8H,2,9-10H2,1H3,(H2,20,21,22). The maximum atomic E-state index is 13.4. The topological polar surface area (TPSA) is 63.2 Å². The van der Waals surface area contributed by atoms with Gasteiger partial charge in [-0.2, -0.15) is 0 Å². The van der Waals surface area contributed by atoms with Gasteiger partial charge in [0.15, 0.2) is 0 Å². The average molecular weight is 382 g/mol. The van der Waals surface area contributed by atoms with Crippen LogP contribution < -0.4 is 15.4 Å². The Kier molecular flexibility index (Phi) is 6.34. The molecule has 1 aromatic heterocycles. The molecule has 2 N–H and O–H groups in total. The molecule has 0 aliphatic heterocycles. The van der Waals surface area contributed by atoms with Crippen molar-refractivity contribution in [1.82, 2.24) is 15.6 Å². The number of rotatable bonds is 6. The number of pyridine rings is 1. The van der Waals surface area contributed by atoms with Crippen LogP contribution in [-0.2, 0) is 13.1 Å². The first-order valence-electron chi connectivity index (χ1n) is 7.12. The quantitative estimate of drug-likeness (QED) is 0.805. The lowest BCUT2D eigenvalue weighted by Crippen LogP contribution is -2.34. The molecule has 0 saturated heterocycles. The van der Waals surface area contributed by atoms with Gasteiger partial charge in [0, 0.05) is 25.4 Å². The number of amides is 2. The Balaban J connectivity index is 1.80. The molecule has 0 bridgehead atoms. The summed E-state index contributed by atoms with van der Waals surface area (Å²) in [6.45, 7) is 3.01. The summed E-state index contributed by atoms with van der Waals surface area (Å²) in [5.41, 5.74) is 1.57. The molecule has 1 aromatic carbocycles. The van der Waals surface area contributed by atoms with Crippen molar-refractivity contribution in [3.05, 3.63) is 57.9 Å². The fraction of sp³-hybridized carbons (Fsp3) is 0.250. The second-order valence-corrected chi connectivity index (χ2v) is 5.57. The van der Waals surface area contributed by atoms with Gasteiger partial charge in [-0.05, 0) is 52.2 Å². The number of hydrogen-bond acceptors (Lipinski definition) is 3. The number of carbonyl (C=O) groups is 1. The predicted octanol–water partition coefficient (Wildman–Crippen LogP) is 3.38. The molecule has 0 unspecified atom stereocenters. The molecule has 0 aliphatic carbocycles. The molecule has 0 atom stereocenters. The van der Waals surface area contributed by atoms with Crippen LogP contribution in [0.3, 0.4) is 0 Å². The van der Waals surface area contributed by atoms with Crippen molar-refractivity contribution >= 4 is 22.0 Å². The van der Waals surface area contributed by atoms with Crippen molar-refractivity contribution in [2.24, 2.45) is 0 Å². The molecule has 0 radical (unpaired) electrons. The minimum atomic E-state index is -0.357. The van der Waals surface area contributed by atoms with Crippen LogP contribution in [0.4, 0.5) is 9.18 Å². The first-order chi connectivity index (χ1) is 11.1. The molecule has 0 aliphatic rings. The van der Waals surface area contributed by atoms with Gasteiger partial charge in [0.1, 0.15) is 5.82 Å². The van der Waals surface area contributed by atoms with Crippen LogP contribution >= 0.6 is 15.9 Å². The van der Waals surface area contributed by atoms with E-state index in [-0.39, 0.29) is 18.4 Å². The van der Waals surface area contributed by atoms with E-state index in [0.717, 1.165) is 5.56 Å². The molecule has 2 amide bonds. The molecule has 5 nitrogen and oxygen atoms in total. The second kappa shape index (κ2) is 8.47. The number of carbonyl (C=O) groups excluding carboxylic acids is 1. The lowest BCUT2D eigenvalue weighted by molar-refractivity contribution is 0.240. The monoisotopic (exact) mass is 381 g/mol. The number of aromatic nitrogens is 1. The molecular formula is C16H17BrFN3O2. The first kappa shape index (κ1) is 17.2. The molecule has 7 heteroatoms. The minimum Gasteiger partial charge on any atom is -0.478 e. The van der Waals surface area contributed by atoms with Gasteiger partial charge in [0.2, 0.25) is 5.88 Å². The number of hydrogen-bond donors (Lipinski definition) is 2. The molecule has 1 heterocycles. The Bertz CT molecular complexity index is 682. The second-order valence-electron chi connectivity index (χ2n) is 4.72. The number of nitrogens with one attached hydrogen (secondary N) is 2. The van der Waals surface area contributed by atoms with Crippen LogP contribution in [-0.4, -0.2) is 17.6 Å². The fourth-order valence-corrected chi connectivity index (χ4v) is 2.11. The Morgan fingerprint density at radius 3 is 2.57 bits per heavy atom. The molecule has 0 saturated carbocycles. The Morgan fingerprint density at radius 1 is 1.22 bits per heavy atom. The van der Waals surface area contributed by atoms with E-state index in [1.165, 1.54) is 6.07 Å². The Labute approximate surface area is 142 Å². The van der Waals surface area contributed by atoms with Crippen LogP contribution in [0.25, 0.3) is 0 Å². The van der Waals surface area contributed by atoms with Gasteiger partial charge < -0.3 is 15.4 Å². The molecule has 2 rings (SSSR count). The smallest absolute Gasteiger partial charge is 0.315 e. The lowest BCUT2D eigenvalue weighted by atomic mass is 10.2. The first-order valence-corrected chi connectivity index (χ1v) is 7.91. The zero-order valence-electron chi connectivity index (χ0n) is 12.6. The third kappa shape index (κ3) is 5.52. The van der Waals surface area contributed by atoms with Gasteiger partial charge in [0.25, 0.3) is 0 Å². The zero-order valence-corrected chi connectivity index (χ0v) is 14.2. The largest absolute Gasteiger partial charge is 0.478 e. The highest BCUT2D eigenvalue weighted by atomic mass is 79.9. The van der Waals surface area contributed by atoms with Crippen molar-refractivity contribution in [2.75, 3.05) is 6.61 Å². The summed E-state index contributed by atoms with van der Waals surface area (Å²) in [6, 6.07) is 7.96. The van der Waals surface area contributed by atoms with E-state index in [0.29, 0.717) is 29.1 Å². The van der Waals surface area contributed by atoms with Crippen LogP contribution in [0, 0.1) is 5.82 Å². The number of benzene rings is 1. The summed E-state index contributed by atoms with van der Waals surface area (Å²) in [6.07, 6.45) is 1.63. The van der Waals surface area contributed by atoms with E-state index in [4.69, 9.17) is 4.74 Å². The van der Waals surface area contributed by atoms with Crippen LogP contribution in [0.15, 0.2) is 41.0 Å². The molecular weight excluding hydrogens is 365 g/mol. The third-order valence-corrected chi connectivity index (χ3v) is 3.62. The van der Waals surface area contributed by atoms with E-state index >= 15 is 0 Å². The summed E-state index contributed by atoms with van der Waals surface area (Å²) in [5, 5.41) is 5.40. The van der Waals surface area contributed by atoms with Crippen molar-refractivity contribution in [1.29, 1.82) is 0 Å². The Hall–Kier alpha value is -2.15. The summed E-state index contributed by atoms with van der Waals surface area (Å²) >= 11 is 3.09. The van der Waals surface area contributed by atoms with Crippen LogP contribution in [0.1, 0.15) is 18.1 Å². The predicted molar refractivity (Wildman–Crippen MR) is 88.6 cm³/mol. The van der Waals surface area contributed by atoms with Crippen molar-refractivity contribution in [3.8, 4) is 5.88 Å². The van der Waals surface area contributed by atoms with E-state index in [2.05, 4.69) is 31.5 Å². The maximum Gasteiger partial charge on any atom is 0.315 e. The van der Waals surface area contributed by atoms with Gasteiger partial charge >= 0.3 is 6.03 Å². The molecule has 122 valence electrons. The maximum absolute atomic E-state index is 13.4. The fourth-order valence-electron chi connectivity index (χ4n) is 1.86. The molecule has 23 heavy (non-hydrogen) atoms. The van der Waals surface area contributed by atoms with Crippen LogP contribution in [0.2, 0.25) is 0 Å². The highest BCUT2D eigenvalue weighted by Gasteiger charge is 2.04. The van der Waals surface area contributed by atoms with Gasteiger partial charge in [-0.3, -0.25) is 0 Å². The van der Waals surface area contributed by atoms with Gasteiger partial charge in [0.05, 0.1) is 11.1 Å². The van der Waals surface area contributed by atoms with E-state index in [1.807, 2.05) is 6.92 Å². The zero-order chi connectivity index (χ0) is 16.7. The van der Waals surface area contributed by atoms with E-state index in [1.54, 1.807) is 30.5 Å². The number of urea groups is 1. The normalized spacial score (nSPS) is 10.2. The molecule has 0 fully saturated rings. The summed E-state index contributed by atoms with van der Waals surface area (Å²) in [4.78, 5) is 15.8. The number of ether oxygens (including phenoxy) is 1. The SMILES string of the molecule is CCOc1cc(CNC(=O)NCc2ccc(Br)c(F)c2)ccn1. The highest BCUT2D eigenvalue weighted by Crippen LogP contribution is 2.16. The Morgan fingerprint density at radius 2 is 1.91 bits per heavy atom. The van der Waals surface area contributed by atoms with E-state index < -0.39 is 0 Å². The average Bonchev–Trinajstić information content (AvgIpc) is 2.55. The van der Waals surface area contributed by atoms with Crippen molar-refractivity contribution in [3.63, 3.8) is 0 Å². The van der Waals surface area contributed by atoms with Gasteiger partial charge in [-0.1, -0.05) is 6.07 Å². The van der Waals surface area contributed by atoms with E-state index in [9.17, 15) is 9.18 Å². The van der Waals surface area contributed by atoms with Crippen molar-refractivity contribution in [2.45, 2.75) is 20.0 Å². The van der Waals surface area contributed by atoms with Crippen LogP contribution in [0.5, 0.6) is 5.88 Å². The molecule has 2 aromatic rings. The summed E-state index contributed by atoms with van der Waals surface area (Å²) in [7, 11) is 0. The number of halogens is 2. The lowest BCUT2D eigenvalue weighted by Gasteiger charge is -2.09. The van der Waals surface area contributed by atoms with Crippen molar-refractivity contribution < 1.29 is 13.9 Å².